The monoisotopic (exact) mass is 368 g/mol. The van der Waals surface area contributed by atoms with E-state index in [4.69, 9.17) is 16.3 Å². The van der Waals surface area contributed by atoms with Gasteiger partial charge in [-0.25, -0.2) is 0 Å². The van der Waals surface area contributed by atoms with Crippen LogP contribution in [-0.2, 0) is 11.4 Å². The molecule has 2 aromatic rings. The number of para-hydroxylation sites is 1. The molecular weight excluding hydrogens is 348 g/mol. The normalized spacial score (nSPS) is 12.2. The average Bonchev–Trinajstić information content (AvgIpc) is 2.65. The maximum absolute atomic E-state index is 12.2. The molecule has 0 aliphatic carbocycles. The van der Waals surface area contributed by atoms with Crippen LogP contribution in [0.4, 0.5) is 0 Å². The van der Waals surface area contributed by atoms with E-state index in [1.807, 2.05) is 50.2 Å². The van der Waals surface area contributed by atoms with Crippen molar-refractivity contribution in [1.29, 1.82) is 5.26 Å². The fourth-order valence-corrected chi connectivity index (χ4v) is 2.44. The number of hydrogen-bond acceptors (Lipinski definition) is 3. The molecule has 0 fully saturated rings. The van der Waals surface area contributed by atoms with Crippen molar-refractivity contribution in [2.45, 2.75) is 32.9 Å². The SMILES string of the molecule is CC[C@@H](C)NC(=O)/C(C#N)=C/c1ccccc1OCc1cccc(Cl)c1. The van der Waals surface area contributed by atoms with E-state index in [0.717, 1.165) is 12.0 Å². The molecule has 0 aromatic heterocycles. The van der Waals surface area contributed by atoms with Crippen molar-refractivity contribution in [2.75, 3.05) is 0 Å². The molecule has 0 bridgehead atoms. The van der Waals surface area contributed by atoms with E-state index in [1.165, 1.54) is 0 Å². The molecule has 0 radical (unpaired) electrons. The van der Waals surface area contributed by atoms with Gasteiger partial charge >= 0.3 is 0 Å². The number of carbonyl (C=O) groups is 1. The first-order chi connectivity index (χ1) is 12.5. The summed E-state index contributed by atoms with van der Waals surface area (Å²) in [5.74, 6) is 0.211. The van der Waals surface area contributed by atoms with Crippen molar-refractivity contribution < 1.29 is 9.53 Å². The van der Waals surface area contributed by atoms with Crippen molar-refractivity contribution in [3.05, 3.63) is 70.3 Å². The van der Waals surface area contributed by atoms with Gasteiger partial charge < -0.3 is 10.1 Å². The second-order valence-electron chi connectivity index (χ2n) is 5.91. The highest BCUT2D eigenvalue weighted by Crippen LogP contribution is 2.23. The maximum atomic E-state index is 12.2. The van der Waals surface area contributed by atoms with Gasteiger partial charge in [-0.15, -0.1) is 0 Å². The minimum atomic E-state index is -0.383. The summed E-state index contributed by atoms with van der Waals surface area (Å²) in [5.41, 5.74) is 1.65. The third-order valence-corrected chi connectivity index (χ3v) is 4.09. The van der Waals surface area contributed by atoms with Crippen LogP contribution >= 0.6 is 11.6 Å². The summed E-state index contributed by atoms with van der Waals surface area (Å²) in [6.45, 7) is 4.21. The van der Waals surface area contributed by atoms with E-state index in [0.29, 0.717) is 22.9 Å². The first-order valence-corrected chi connectivity index (χ1v) is 8.80. The molecule has 1 N–H and O–H groups in total. The van der Waals surface area contributed by atoms with Gasteiger partial charge in [0.2, 0.25) is 0 Å². The molecule has 0 aliphatic heterocycles. The number of hydrogen-bond donors (Lipinski definition) is 1. The lowest BCUT2D eigenvalue weighted by molar-refractivity contribution is -0.117. The molecule has 0 saturated heterocycles. The predicted octanol–water partition coefficient (Wildman–Crippen LogP) is 4.74. The van der Waals surface area contributed by atoms with E-state index >= 15 is 0 Å². The van der Waals surface area contributed by atoms with Crippen LogP contribution in [0, 0.1) is 11.3 Å². The summed E-state index contributed by atoms with van der Waals surface area (Å²) in [7, 11) is 0. The Kier molecular flexibility index (Phi) is 7.25. The molecule has 134 valence electrons. The number of nitriles is 1. The van der Waals surface area contributed by atoms with Gasteiger partial charge in [0.1, 0.15) is 24.0 Å². The molecule has 0 spiro atoms. The lowest BCUT2D eigenvalue weighted by Gasteiger charge is -2.12. The van der Waals surface area contributed by atoms with Gasteiger partial charge in [-0.1, -0.05) is 48.9 Å². The van der Waals surface area contributed by atoms with Crippen molar-refractivity contribution in [2.24, 2.45) is 0 Å². The number of amides is 1. The predicted molar refractivity (Wildman–Crippen MR) is 104 cm³/mol. The van der Waals surface area contributed by atoms with Crippen LogP contribution in [0.3, 0.4) is 0 Å². The molecule has 2 rings (SSSR count). The third-order valence-electron chi connectivity index (χ3n) is 3.86. The number of benzene rings is 2. The van der Waals surface area contributed by atoms with E-state index in [1.54, 1.807) is 24.3 Å². The fraction of sp³-hybridized carbons (Fsp3) is 0.238. The molecule has 0 aliphatic rings. The van der Waals surface area contributed by atoms with Crippen molar-refractivity contribution in [3.63, 3.8) is 0 Å². The Labute approximate surface area is 159 Å². The van der Waals surface area contributed by atoms with Crippen LogP contribution in [-0.4, -0.2) is 11.9 Å². The van der Waals surface area contributed by atoms with Gasteiger partial charge in [0.05, 0.1) is 0 Å². The van der Waals surface area contributed by atoms with E-state index < -0.39 is 0 Å². The molecule has 0 heterocycles. The van der Waals surface area contributed by atoms with E-state index in [-0.39, 0.29) is 17.5 Å². The van der Waals surface area contributed by atoms with Crippen LogP contribution in [0.15, 0.2) is 54.1 Å². The first kappa shape index (κ1) is 19.6. The molecule has 4 nitrogen and oxygen atoms in total. The standard InChI is InChI=1S/C21H21ClN2O2/c1-3-15(2)24-21(25)18(13-23)12-17-8-4-5-10-20(17)26-14-16-7-6-9-19(22)11-16/h4-12,15H,3,14H2,1-2H3,(H,24,25)/b18-12+/t15-/m1/s1. The second-order valence-corrected chi connectivity index (χ2v) is 6.35. The summed E-state index contributed by atoms with van der Waals surface area (Å²) in [4.78, 5) is 12.2. The Hall–Kier alpha value is -2.77. The summed E-state index contributed by atoms with van der Waals surface area (Å²) in [6, 6.07) is 16.7. The number of halogens is 1. The highest BCUT2D eigenvalue weighted by molar-refractivity contribution is 6.30. The van der Waals surface area contributed by atoms with Gasteiger partial charge in [0.15, 0.2) is 0 Å². The summed E-state index contributed by atoms with van der Waals surface area (Å²) < 4.78 is 5.86. The lowest BCUT2D eigenvalue weighted by Crippen LogP contribution is -2.32. The topological polar surface area (TPSA) is 62.1 Å². The smallest absolute Gasteiger partial charge is 0.262 e. The summed E-state index contributed by atoms with van der Waals surface area (Å²) >= 11 is 5.99. The van der Waals surface area contributed by atoms with Crippen LogP contribution in [0.25, 0.3) is 6.08 Å². The second kappa shape index (κ2) is 9.65. The summed E-state index contributed by atoms with van der Waals surface area (Å²) in [5, 5.41) is 12.8. The number of nitrogens with zero attached hydrogens (tertiary/aromatic N) is 1. The number of rotatable bonds is 7. The van der Waals surface area contributed by atoms with Gasteiger partial charge in [0, 0.05) is 16.6 Å². The van der Waals surface area contributed by atoms with Gasteiger partial charge in [-0.3, -0.25) is 4.79 Å². The molecule has 26 heavy (non-hydrogen) atoms. The minimum absolute atomic E-state index is 0.00794. The summed E-state index contributed by atoms with van der Waals surface area (Å²) in [6.07, 6.45) is 2.34. The number of ether oxygens (including phenoxy) is 1. The maximum Gasteiger partial charge on any atom is 0.262 e. The average molecular weight is 369 g/mol. The fourth-order valence-electron chi connectivity index (χ4n) is 2.23. The number of nitrogens with one attached hydrogen (secondary N) is 1. The Balaban J connectivity index is 2.19. The molecular formula is C21H21ClN2O2. The minimum Gasteiger partial charge on any atom is -0.488 e. The molecule has 5 heteroatoms. The molecule has 0 saturated carbocycles. The van der Waals surface area contributed by atoms with Crippen LogP contribution < -0.4 is 10.1 Å². The van der Waals surface area contributed by atoms with Gasteiger partial charge in [-0.05, 0) is 43.2 Å². The zero-order valence-electron chi connectivity index (χ0n) is 14.8. The zero-order chi connectivity index (χ0) is 18.9. The van der Waals surface area contributed by atoms with E-state index in [2.05, 4.69) is 5.32 Å². The highest BCUT2D eigenvalue weighted by Gasteiger charge is 2.12. The Morgan fingerprint density at radius 1 is 1.31 bits per heavy atom. The van der Waals surface area contributed by atoms with Crippen molar-refractivity contribution >= 4 is 23.6 Å². The first-order valence-electron chi connectivity index (χ1n) is 8.42. The van der Waals surface area contributed by atoms with Crippen LogP contribution in [0.2, 0.25) is 5.02 Å². The molecule has 0 unspecified atom stereocenters. The Morgan fingerprint density at radius 3 is 2.77 bits per heavy atom. The van der Waals surface area contributed by atoms with Crippen molar-refractivity contribution in [3.8, 4) is 11.8 Å². The number of carbonyl (C=O) groups excluding carboxylic acids is 1. The third kappa shape index (κ3) is 5.65. The van der Waals surface area contributed by atoms with Gasteiger partial charge in [0.25, 0.3) is 5.91 Å². The molecule has 1 atom stereocenters. The zero-order valence-corrected chi connectivity index (χ0v) is 15.6. The largest absolute Gasteiger partial charge is 0.488 e. The Morgan fingerprint density at radius 2 is 2.08 bits per heavy atom. The molecule has 1 amide bonds. The van der Waals surface area contributed by atoms with Gasteiger partial charge in [-0.2, -0.15) is 5.26 Å². The lowest BCUT2D eigenvalue weighted by atomic mass is 10.1. The van der Waals surface area contributed by atoms with Crippen LogP contribution in [0.5, 0.6) is 5.75 Å². The van der Waals surface area contributed by atoms with Crippen LogP contribution in [0.1, 0.15) is 31.4 Å². The molecule has 2 aromatic carbocycles. The quantitative estimate of drug-likeness (QED) is 0.567. The highest BCUT2D eigenvalue weighted by atomic mass is 35.5. The Bertz CT molecular complexity index is 840. The van der Waals surface area contributed by atoms with E-state index in [9.17, 15) is 10.1 Å². The van der Waals surface area contributed by atoms with Crippen molar-refractivity contribution in [1.82, 2.24) is 5.32 Å².